The molecule has 3 nitrogen and oxygen atoms in total. The minimum Gasteiger partial charge on any atom is -0.496 e. The molecule has 5 heteroatoms. The van der Waals surface area contributed by atoms with Gasteiger partial charge in [-0.1, -0.05) is 18.2 Å². The van der Waals surface area contributed by atoms with Gasteiger partial charge in [0.15, 0.2) is 0 Å². The Morgan fingerprint density at radius 1 is 1.18 bits per heavy atom. The first-order valence-corrected chi connectivity index (χ1v) is 11.9. The Hall–Kier alpha value is -1.43. The second-order valence-electron chi connectivity index (χ2n) is 7.45. The number of carbonyl (C=O) groups is 1. The summed E-state index contributed by atoms with van der Waals surface area (Å²) in [6.45, 7) is 2.04. The third-order valence-electron chi connectivity index (χ3n) is 5.65. The highest BCUT2D eigenvalue weighted by Gasteiger charge is 2.22. The van der Waals surface area contributed by atoms with Crippen molar-refractivity contribution in [1.82, 2.24) is 5.32 Å². The van der Waals surface area contributed by atoms with Gasteiger partial charge in [0, 0.05) is 9.79 Å². The topological polar surface area (TPSA) is 38.3 Å². The monoisotopic (exact) mass is 413 g/mol. The molecule has 0 bridgehead atoms. The van der Waals surface area contributed by atoms with Crippen molar-refractivity contribution in [3.8, 4) is 5.75 Å². The van der Waals surface area contributed by atoms with Crippen molar-refractivity contribution >= 4 is 28.6 Å². The van der Waals surface area contributed by atoms with Crippen LogP contribution in [0.2, 0.25) is 0 Å². The van der Waals surface area contributed by atoms with Crippen LogP contribution < -0.4 is 10.1 Å². The molecule has 1 N–H and O–H groups in total. The van der Waals surface area contributed by atoms with E-state index in [4.69, 9.17) is 4.74 Å². The van der Waals surface area contributed by atoms with E-state index in [-0.39, 0.29) is 5.12 Å². The Balaban J connectivity index is 1.26. The lowest BCUT2D eigenvalue weighted by Crippen LogP contribution is -2.22. The SMILES string of the molecule is COc1cccc2c1CCCC2CCNCCc1ccc2c(c1)SCC(=O)S2. The van der Waals surface area contributed by atoms with Crippen molar-refractivity contribution in [2.45, 2.75) is 47.8 Å². The van der Waals surface area contributed by atoms with Gasteiger partial charge in [-0.2, -0.15) is 0 Å². The molecule has 28 heavy (non-hydrogen) atoms. The molecule has 1 atom stereocenters. The molecule has 2 aromatic carbocycles. The molecule has 0 saturated heterocycles. The molecule has 1 unspecified atom stereocenters. The molecule has 2 aliphatic rings. The van der Waals surface area contributed by atoms with Gasteiger partial charge in [0.1, 0.15) is 5.75 Å². The van der Waals surface area contributed by atoms with Crippen LogP contribution >= 0.6 is 23.5 Å². The van der Waals surface area contributed by atoms with Gasteiger partial charge in [0.2, 0.25) is 5.12 Å². The summed E-state index contributed by atoms with van der Waals surface area (Å²) in [6.07, 6.45) is 5.88. The Labute approximate surface area is 176 Å². The Bertz CT molecular complexity index is 852. The van der Waals surface area contributed by atoms with Crippen LogP contribution in [0.25, 0.3) is 0 Å². The van der Waals surface area contributed by atoms with Gasteiger partial charge in [-0.05, 0) is 97.8 Å². The van der Waals surface area contributed by atoms with Crippen molar-refractivity contribution in [2.75, 3.05) is 26.0 Å². The Morgan fingerprint density at radius 2 is 2.11 bits per heavy atom. The number of nitrogens with one attached hydrogen (secondary N) is 1. The molecule has 0 radical (unpaired) electrons. The van der Waals surface area contributed by atoms with Gasteiger partial charge in [-0.25, -0.2) is 0 Å². The lowest BCUT2D eigenvalue weighted by molar-refractivity contribution is -0.108. The first-order valence-electron chi connectivity index (χ1n) is 10.1. The molecule has 1 aliphatic heterocycles. The minimum atomic E-state index is 0.258. The van der Waals surface area contributed by atoms with Crippen LogP contribution in [-0.4, -0.2) is 31.1 Å². The summed E-state index contributed by atoms with van der Waals surface area (Å²) in [4.78, 5) is 13.9. The average Bonchev–Trinajstić information content (AvgIpc) is 2.73. The molecular weight excluding hydrogens is 386 g/mol. The number of hydrogen-bond acceptors (Lipinski definition) is 5. The summed E-state index contributed by atoms with van der Waals surface area (Å²) in [5, 5.41) is 3.89. The fourth-order valence-electron chi connectivity index (χ4n) is 4.23. The molecule has 1 aliphatic carbocycles. The van der Waals surface area contributed by atoms with Crippen LogP contribution in [0.15, 0.2) is 46.2 Å². The van der Waals surface area contributed by atoms with Crippen molar-refractivity contribution < 1.29 is 9.53 Å². The van der Waals surface area contributed by atoms with Crippen molar-refractivity contribution in [1.29, 1.82) is 0 Å². The largest absolute Gasteiger partial charge is 0.496 e. The summed E-state index contributed by atoms with van der Waals surface area (Å²) >= 11 is 3.05. The number of benzene rings is 2. The molecule has 0 aromatic heterocycles. The number of thioether (sulfide) groups is 2. The fraction of sp³-hybridized carbons (Fsp3) is 0.435. The predicted molar refractivity (Wildman–Crippen MR) is 118 cm³/mol. The van der Waals surface area contributed by atoms with Crippen molar-refractivity contribution in [3.63, 3.8) is 0 Å². The number of hydrogen-bond donors (Lipinski definition) is 1. The van der Waals surface area contributed by atoms with Gasteiger partial charge in [-0.15, -0.1) is 11.8 Å². The molecule has 2 aromatic rings. The van der Waals surface area contributed by atoms with Gasteiger partial charge in [-0.3, -0.25) is 4.79 Å². The van der Waals surface area contributed by atoms with E-state index < -0.39 is 0 Å². The summed E-state index contributed by atoms with van der Waals surface area (Å²) in [5.41, 5.74) is 4.26. The lowest BCUT2D eigenvalue weighted by atomic mass is 9.80. The maximum atomic E-state index is 11.5. The maximum Gasteiger partial charge on any atom is 0.203 e. The van der Waals surface area contributed by atoms with Crippen LogP contribution in [0.1, 0.15) is 41.9 Å². The number of methoxy groups -OCH3 is 1. The number of fused-ring (bicyclic) bond motifs is 2. The van der Waals surface area contributed by atoms with E-state index in [1.54, 1.807) is 18.9 Å². The number of ether oxygens (including phenoxy) is 1. The standard InChI is InChI=1S/C23H27NO2S2/c1-26-20-7-3-5-18-17(4-2-6-19(18)20)11-13-24-12-10-16-8-9-21-22(14-16)27-15-23(25)28-21/h3,5,7-9,14,17,24H,2,4,6,10-13,15H2,1H3. The van der Waals surface area contributed by atoms with Gasteiger partial charge >= 0.3 is 0 Å². The molecule has 148 valence electrons. The van der Waals surface area contributed by atoms with Crippen LogP contribution in [-0.2, 0) is 17.6 Å². The van der Waals surface area contributed by atoms with Gasteiger partial charge < -0.3 is 10.1 Å². The lowest BCUT2D eigenvalue weighted by Gasteiger charge is -2.27. The summed E-state index contributed by atoms with van der Waals surface area (Å²) in [7, 11) is 1.77. The van der Waals surface area contributed by atoms with Crippen LogP contribution in [0, 0.1) is 0 Å². The van der Waals surface area contributed by atoms with Crippen LogP contribution in [0.5, 0.6) is 5.75 Å². The zero-order chi connectivity index (χ0) is 19.3. The summed E-state index contributed by atoms with van der Waals surface area (Å²) in [5.74, 6) is 2.29. The fourth-order valence-corrected chi connectivity index (χ4v) is 6.21. The third kappa shape index (κ3) is 4.58. The molecule has 0 amide bonds. The first-order chi connectivity index (χ1) is 13.7. The van der Waals surface area contributed by atoms with E-state index in [9.17, 15) is 4.79 Å². The van der Waals surface area contributed by atoms with E-state index >= 15 is 0 Å². The van der Waals surface area contributed by atoms with Gasteiger partial charge in [0.05, 0.1) is 12.9 Å². The third-order valence-corrected chi connectivity index (χ3v) is 7.96. The maximum absolute atomic E-state index is 11.5. The highest BCUT2D eigenvalue weighted by atomic mass is 32.2. The molecule has 1 heterocycles. The van der Waals surface area contributed by atoms with E-state index in [1.807, 2.05) is 0 Å². The van der Waals surface area contributed by atoms with E-state index in [0.29, 0.717) is 11.7 Å². The zero-order valence-corrected chi connectivity index (χ0v) is 18.0. The molecular formula is C23H27NO2S2. The number of rotatable bonds is 7. The van der Waals surface area contributed by atoms with E-state index in [0.717, 1.165) is 36.6 Å². The minimum absolute atomic E-state index is 0.258. The van der Waals surface area contributed by atoms with Crippen LogP contribution in [0.4, 0.5) is 0 Å². The van der Waals surface area contributed by atoms with Crippen LogP contribution in [0.3, 0.4) is 0 Å². The molecule has 0 saturated carbocycles. The second-order valence-corrected chi connectivity index (χ2v) is 9.57. The molecule has 0 fully saturated rings. The van der Waals surface area contributed by atoms with E-state index in [1.165, 1.54) is 52.6 Å². The Morgan fingerprint density at radius 3 is 3.00 bits per heavy atom. The van der Waals surface area contributed by atoms with Crippen molar-refractivity contribution in [3.05, 3.63) is 53.1 Å². The molecule has 4 rings (SSSR count). The second kappa shape index (κ2) is 9.38. The Kier molecular flexibility index (Phi) is 6.65. The quantitative estimate of drug-likeness (QED) is 0.642. The smallest absolute Gasteiger partial charge is 0.203 e. The zero-order valence-electron chi connectivity index (χ0n) is 16.3. The molecule has 0 spiro atoms. The average molecular weight is 414 g/mol. The predicted octanol–water partition coefficient (Wildman–Crippen LogP) is 5.06. The van der Waals surface area contributed by atoms with Gasteiger partial charge in [0.25, 0.3) is 0 Å². The number of carbonyl (C=O) groups excluding carboxylic acids is 1. The summed E-state index contributed by atoms with van der Waals surface area (Å²) < 4.78 is 5.56. The van der Waals surface area contributed by atoms with Crippen molar-refractivity contribution in [2.24, 2.45) is 0 Å². The normalized spacial score (nSPS) is 18.5. The highest BCUT2D eigenvalue weighted by Crippen LogP contribution is 2.39. The first kappa shape index (κ1) is 19.9. The summed E-state index contributed by atoms with van der Waals surface area (Å²) in [6, 6.07) is 13.0. The van der Waals surface area contributed by atoms with E-state index in [2.05, 4.69) is 41.7 Å². The highest BCUT2D eigenvalue weighted by molar-refractivity contribution is 8.17.